The zero-order valence-electron chi connectivity index (χ0n) is 9.65. The Hall–Kier alpha value is -0.620. The molecule has 92 valence electrons. The van der Waals surface area contributed by atoms with Crippen molar-refractivity contribution in [2.45, 2.75) is 30.8 Å². The standard InChI is InChI=1S/C10H19FN4S/c1-15-9(5-7-12)13-14-10(15)16-8-4-2-3-6-11/h2-8,12H2,1H3. The zero-order chi connectivity index (χ0) is 11.8. The van der Waals surface area contributed by atoms with Crippen LogP contribution in [0.15, 0.2) is 5.16 Å². The number of unbranched alkanes of at least 4 members (excludes halogenated alkanes) is 2. The number of aromatic nitrogens is 3. The van der Waals surface area contributed by atoms with Gasteiger partial charge in [0.25, 0.3) is 0 Å². The maximum Gasteiger partial charge on any atom is 0.190 e. The average Bonchev–Trinajstić information content (AvgIpc) is 2.62. The van der Waals surface area contributed by atoms with E-state index in [1.54, 1.807) is 11.8 Å². The van der Waals surface area contributed by atoms with Crippen LogP contribution < -0.4 is 5.73 Å². The number of thioether (sulfide) groups is 1. The van der Waals surface area contributed by atoms with Crippen molar-refractivity contribution in [3.05, 3.63) is 5.82 Å². The summed E-state index contributed by atoms with van der Waals surface area (Å²) < 4.78 is 13.8. The Bertz CT molecular complexity index is 303. The highest BCUT2D eigenvalue weighted by Gasteiger charge is 2.07. The van der Waals surface area contributed by atoms with Crippen LogP contribution in [0.2, 0.25) is 0 Å². The molecular weight excluding hydrogens is 227 g/mol. The molecule has 0 fully saturated rings. The quantitative estimate of drug-likeness (QED) is 0.558. The Morgan fingerprint density at radius 1 is 1.31 bits per heavy atom. The van der Waals surface area contributed by atoms with Crippen molar-refractivity contribution < 1.29 is 4.39 Å². The molecule has 2 N–H and O–H groups in total. The first kappa shape index (κ1) is 13.4. The molecule has 0 aliphatic heterocycles. The molecule has 6 heteroatoms. The Morgan fingerprint density at radius 3 is 2.81 bits per heavy atom. The molecule has 0 spiro atoms. The van der Waals surface area contributed by atoms with E-state index in [1.807, 2.05) is 11.6 Å². The molecule has 0 saturated heterocycles. The lowest BCUT2D eigenvalue weighted by molar-refractivity contribution is 0.460. The number of hydrogen-bond acceptors (Lipinski definition) is 4. The Morgan fingerprint density at radius 2 is 2.12 bits per heavy atom. The van der Waals surface area contributed by atoms with Gasteiger partial charge in [0, 0.05) is 19.2 Å². The second-order valence-corrected chi connectivity index (χ2v) is 4.66. The van der Waals surface area contributed by atoms with Crippen LogP contribution in [0.1, 0.15) is 25.1 Å². The fourth-order valence-electron chi connectivity index (χ4n) is 1.35. The normalized spacial score (nSPS) is 10.9. The van der Waals surface area contributed by atoms with Crippen molar-refractivity contribution >= 4 is 11.8 Å². The van der Waals surface area contributed by atoms with Crippen LogP contribution in [-0.4, -0.2) is 33.7 Å². The average molecular weight is 246 g/mol. The zero-order valence-corrected chi connectivity index (χ0v) is 10.5. The largest absolute Gasteiger partial charge is 0.330 e. The second-order valence-electron chi connectivity index (χ2n) is 3.59. The summed E-state index contributed by atoms with van der Waals surface area (Å²) in [4.78, 5) is 0. The lowest BCUT2D eigenvalue weighted by Crippen LogP contribution is -2.08. The summed E-state index contributed by atoms with van der Waals surface area (Å²) in [6.45, 7) is 0.377. The summed E-state index contributed by atoms with van der Waals surface area (Å²) in [6.07, 6.45) is 3.38. The molecule has 0 aromatic carbocycles. The summed E-state index contributed by atoms with van der Waals surface area (Å²) >= 11 is 1.67. The molecule has 1 aromatic heterocycles. The molecular formula is C10H19FN4S. The molecule has 16 heavy (non-hydrogen) atoms. The van der Waals surface area contributed by atoms with Crippen LogP contribution >= 0.6 is 11.8 Å². The second kappa shape index (κ2) is 7.62. The van der Waals surface area contributed by atoms with E-state index in [1.165, 1.54) is 0 Å². The molecule has 0 atom stereocenters. The van der Waals surface area contributed by atoms with Crippen molar-refractivity contribution in [2.24, 2.45) is 12.8 Å². The van der Waals surface area contributed by atoms with Gasteiger partial charge in [-0.3, -0.25) is 4.39 Å². The highest BCUT2D eigenvalue weighted by Crippen LogP contribution is 2.17. The van der Waals surface area contributed by atoms with Gasteiger partial charge < -0.3 is 10.3 Å². The van der Waals surface area contributed by atoms with E-state index in [0.29, 0.717) is 13.0 Å². The molecule has 1 aromatic rings. The summed E-state index contributed by atoms with van der Waals surface area (Å²) in [5.41, 5.74) is 5.47. The van der Waals surface area contributed by atoms with E-state index in [0.717, 1.165) is 36.0 Å². The fraction of sp³-hybridized carbons (Fsp3) is 0.800. The van der Waals surface area contributed by atoms with Gasteiger partial charge >= 0.3 is 0 Å². The van der Waals surface area contributed by atoms with Crippen molar-refractivity contribution in [3.63, 3.8) is 0 Å². The number of nitrogens with zero attached hydrogens (tertiary/aromatic N) is 3. The first-order valence-electron chi connectivity index (χ1n) is 5.56. The Balaban J connectivity index is 2.31. The number of alkyl halides is 1. The number of rotatable bonds is 8. The first-order chi connectivity index (χ1) is 7.79. The lowest BCUT2D eigenvalue weighted by Gasteiger charge is -2.02. The molecule has 0 amide bonds. The van der Waals surface area contributed by atoms with E-state index >= 15 is 0 Å². The van der Waals surface area contributed by atoms with Crippen molar-refractivity contribution in [2.75, 3.05) is 19.0 Å². The molecule has 1 heterocycles. The fourth-order valence-corrected chi connectivity index (χ4v) is 2.28. The van der Waals surface area contributed by atoms with E-state index in [2.05, 4.69) is 10.2 Å². The van der Waals surface area contributed by atoms with Crippen LogP contribution in [0.5, 0.6) is 0 Å². The van der Waals surface area contributed by atoms with Gasteiger partial charge in [-0.2, -0.15) is 0 Å². The van der Waals surface area contributed by atoms with Gasteiger partial charge in [0.2, 0.25) is 0 Å². The van der Waals surface area contributed by atoms with Crippen LogP contribution in [0.25, 0.3) is 0 Å². The highest BCUT2D eigenvalue weighted by atomic mass is 32.2. The predicted molar refractivity (Wildman–Crippen MR) is 64.3 cm³/mol. The van der Waals surface area contributed by atoms with E-state index in [4.69, 9.17) is 5.73 Å². The lowest BCUT2D eigenvalue weighted by atomic mass is 10.3. The minimum atomic E-state index is -0.213. The topological polar surface area (TPSA) is 56.7 Å². The summed E-state index contributed by atoms with van der Waals surface area (Å²) in [6, 6.07) is 0. The van der Waals surface area contributed by atoms with Crippen molar-refractivity contribution in [3.8, 4) is 0 Å². The van der Waals surface area contributed by atoms with E-state index in [-0.39, 0.29) is 6.67 Å². The van der Waals surface area contributed by atoms with Crippen LogP contribution in [0, 0.1) is 0 Å². The van der Waals surface area contributed by atoms with Crippen LogP contribution in [0.4, 0.5) is 4.39 Å². The Kier molecular flexibility index (Phi) is 6.40. The molecule has 4 nitrogen and oxygen atoms in total. The van der Waals surface area contributed by atoms with Crippen LogP contribution in [-0.2, 0) is 13.5 Å². The molecule has 0 saturated carbocycles. The molecule has 1 rings (SSSR count). The van der Waals surface area contributed by atoms with Gasteiger partial charge in [-0.05, 0) is 19.4 Å². The Labute approximate surface area is 99.8 Å². The monoisotopic (exact) mass is 246 g/mol. The minimum Gasteiger partial charge on any atom is -0.330 e. The van der Waals surface area contributed by atoms with Gasteiger partial charge in [0.15, 0.2) is 5.16 Å². The van der Waals surface area contributed by atoms with E-state index < -0.39 is 0 Å². The number of nitrogens with two attached hydrogens (primary N) is 1. The third-order valence-electron chi connectivity index (χ3n) is 2.30. The van der Waals surface area contributed by atoms with Crippen LogP contribution in [0.3, 0.4) is 0 Å². The maximum atomic E-state index is 11.9. The molecule has 0 aliphatic rings. The van der Waals surface area contributed by atoms with Gasteiger partial charge in [-0.15, -0.1) is 10.2 Å². The highest BCUT2D eigenvalue weighted by molar-refractivity contribution is 7.99. The maximum absolute atomic E-state index is 11.9. The smallest absolute Gasteiger partial charge is 0.190 e. The van der Waals surface area contributed by atoms with Gasteiger partial charge in [0.05, 0.1) is 6.67 Å². The molecule has 0 aliphatic carbocycles. The third kappa shape index (κ3) is 4.09. The minimum absolute atomic E-state index is 0.213. The van der Waals surface area contributed by atoms with E-state index in [9.17, 15) is 4.39 Å². The van der Waals surface area contributed by atoms with Crippen molar-refractivity contribution in [1.82, 2.24) is 14.8 Å². The summed E-state index contributed by atoms with van der Waals surface area (Å²) in [5.74, 6) is 1.89. The molecule has 0 radical (unpaired) electrons. The van der Waals surface area contributed by atoms with Crippen molar-refractivity contribution in [1.29, 1.82) is 0 Å². The summed E-state index contributed by atoms with van der Waals surface area (Å²) in [5, 5.41) is 9.09. The predicted octanol–water partition coefficient (Wildman–Crippen LogP) is 1.55. The number of hydrogen-bond donors (Lipinski definition) is 1. The SMILES string of the molecule is Cn1c(CCN)nnc1SCCCCCF. The third-order valence-corrected chi connectivity index (χ3v) is 3.41. The number of halogens is 1. The first-order valence-corrected chi connectivity index (χ1v) is 6.55. The van der Waals surface area contributed by atoms with Gasteiger partial charge in [-0.1, -0.05) is 18.2 Å². The molecule has 0 bridgehead atoms. The summed E-state index contributed by atoms with van der Waals surface area (Å²) in [7, 11) is 1.95. The van der Waals surface area contributed by atoms with Gasteiger partial charge in [0.1, 0.15) is 5.82 Å². The molecule has 0 unspecified atom stereocenters. The van der Waals surface area contributed by atoms with Gasteiger partial charge in [-0.25, -0.2) is 0 Å².